The smallest absolute Gasteiger partial charge is 0.240 e. The molecule has 2 aromatic rings. The summed E-state index contributed by atoms with van der Waals surface area (Å²) >= 11 is 0. The molecule has 2 aromatic carbocycles. The van der Waals surface area contributed by atoms with Gasteiger partial charge in [0.05, 0.1) is 4.90 Å². The van der Waals surface area contributed by atoms with Gasteiger partial charge >= 0.3 is 0 Å². The Morgan fingerprint density at radius 3 is 1.95 bits per heavy atom. The van der Waals surface area contributed by atoms with Crippen LogP contribution in [-0.2, 0) is 23.1 Å². The Hall–Kier alpha value is -1.69. The van der Waals surface area contributed by atoms with Gasteiger partial charge in [-0.05, 0) is 37.2 Å². The first kappa shape index (κ1) is 15.7. The molecule has 0 atom stereocenters. The lowest BCUT2D eigenvalue weighted by atomic mass is 10.2. The van der Waals surface area contributed by atoms with E-state index in [2.05, 4.69) is 10.0 Å². The molecule has 4 nitrogen and oxygen atoms in total. The molecule has 0 bridgehead atoms. The van der Waals surface area contributed by atoms with Crippen molar-refractivity contribution >= 4 is 10.0 Å². The van der Waals surface area contributed by atoms with Crippen molar-refractivity contribution in [1.82, 2.24) is 10.0 Å². The third kappa shape index (κ3) is 4.39. The predicted octanol–water partition coefficient (Wildman–Crippen LogP) is 2.19. The highest BCUT2D eigenvalue weighted by atomic mass is 32.2. The minimum atomic E-state index is -3.47. The Morgan fingerprint density at radius 2 is 1.38 bits per heavy atom. The fourth-order valence-corrected chi connectivity index (χ4v) is 2.98. The number of hydrogen-bond donors (Lipinski definition) is 2. The first-order chi connectivity index (χ1) is 10.0. The second-order valence-electron chi connectivity index (χ2n) is 4.98. The molecular formula is C16H20N2O2S. The lowest BCUT2D eigenvalue weighted by molar-refractivity contribution is 0.581. The molecule has 0 fully saturated rings. The standard InChI is InChI=1S/C16H20N2O2S/c1-13-3-5-15(6-4-13)12-18-21(19,20)16-9-7-14(8-10-16)11-17-2/h3-10,17-18H,11-12H2,1-2H3. The van der Waals surface area contributed by atoms with E-state index in [-0.39, 0.29) is 4.90 Å². The first-order valence-electron chi connectivity index (χ1n) is 6.80. The maximum absolute atomic E-state index is 12.2. The third-order valence-electron chi connectivity index (χ3n) is 3.20. The van der Waals surface area contributed by atoms with E-state index in [1.54, 1.807) is 12.1 Å². The van der Waals surface area contributed by atoms with E-state index < -0.39 is 10.0 Å². The van der Waals surface area contributed by atoms with Gasteiger partial charge in [-0.15, -0.1) is 0 Å². The van der Waals surface area contributed by atoms with Crippen molar-refractivity contribution < 1.29 is 8.42 Å². The molecule has 0 unspecified atom stereocenters. The van der Waals surface area contributed by atoms with E-state index in [0.29, 0.717) is 6.54 Å². The molecule has 0 saturated carbocycles. The zero-order chi connectivity index (χ0) is 15.3. The lowest BCUT2D eigenvalue weighted by Gasteiger charge is -2.08. The second-order valence-corrected chi connectivity index (χ2v) is 6.75. The van der Waals surface area contributed by atoms with Crippen molar-refractivity contribution in [2.24, 2.45) is 0 Å². The highest BCUT2D eigenvalue weighted by Gasteiger charge is 2.13. The number of benzene rings is 2. The van der Waals surface area contributed by atoms with Crippen molar-refractivity contribution in [3.63, 3.8) is 0 Å². The quantitative estimate of drug-likeness (QED) is 0.860. The Bertz CT molecular complexity index is 677. The van der Waals surface area contributed by atoms with E-state index in [1.807, 2.05) is 50.4 Å². The topological polar surface area (TPSA) is 58.2 Å². The Kier molecular flexibility index (Phi) is 5.12. The Morgan fingerprint density at radius 1 is 0.857 bits per heavy atom. The van der Waals surface area contributed by atoms with Gasteiger partial charge in [0, 0.05) is 13.1 Å². The lowest BCUT2D eigenvalue weighted by Crippen LogP contribution is -2.23. The van der Waals surface area contributed by atoms with Crippen LogP contribution in [-0.4, -0.2) is 15.5 Å². The summed E-state index contributed by atoms with van der Waals surface area (Å²) in [6.07, 6.45) is 0. The monoisotopic (exact) mass is 304 g/mol. The maximum atomic E-state index is 12.2. The maximum Gasteiger partial charge on any atom is 0.240 e. The summed E-state index contributed by atoms with van der Waals surface area (Å²) in [6, 6.07) is 14.7. The number of rotatable bonds is 6. The van der Waals surface area contributed by atoms with Crippen LogP contribution in [0.1, 0.15) is 16.7 Å². The van der Waals surface area contributed by atoms with Crippen LogP contribution in [0.4, 0.5) is 0 Å². The van der Waals surface area contributed by atoms with Crippen LogP contribution in [0.25, 0.3) is 0 Å². The highest BCUT2D eigenvalue weighted by molar-refractivity contribution is 7.89. The van der Waals surface area contributed by atoms with Crippen molar-refractivity contribution in [2.45, 2.75) is 24.9 Å². The van der Waals surface area contributed by atoms with E-state index in [4.69, 9.17) is 0 Å². The van der Waals surface area contributed by atoms with Gasteiger partial charge in [-0.25, -0.2) is 13.1 Å². The largest absolute Gasteiger partial charge is 0.316 e. The minimum absolute atomic E-state index is 0.287. The molecular weight excluding hydrogens is 284 g/mol. The summed E-state index contributed by atoms with van der Waals surface area (Å²) < 4.78 is 27.0. The van der Waals surface area contributed by atoms with Gasteiger partial charge in [0.25, 0.3) is 0 Å². The summed E-state index contributed by atoms with van der Waals surface area (Å²) in [7, 11) is -1.62. The van der Waals surface area contributed by atoms with Gasteiger partial charge in [-0.1, -0.05) is 42.0 Å². The highest BCUT2D eigenvalue weighted by Crippen LogP contribution is 2.11. The molecule has 2 rings (SSSR count). The van der Waals surface area contributed by atoms with Crippen LogP contribution in [0.3, 0.4) is 0 Å². The van der Waals surface area contributed by atoms with Gasteiger partial charge in [-0.3, -0.25) is 0 Å². The van der Waals surface area contributed by atoms with Gasteiger partial charge in [0.2, 0.25) is 10.0 Å². The molecule has 21 heavy (non-hydrogen) atoms. The van der Waals surface area contributed by atoms with Crippen LogP contribution in [0, 0.1) is 6.92 Å². The average Bonchev–Trinajstić information content (AvgIpc) is 2.48. The van der Waals surface area contributed by atoms with Crippen LogP contribution in [0.5, 0.6) is 0 Å². The Balaban J connectivity index is 2.05. The zero-order valence-electron chi connectivity index (χ0n) is 12.3. The molecule has 0 aromatic heterocycles. The SMILES string of the molecule is CNCc1ccc(S(=O)(=O)NCc2ccc(C)cc2)cc1. The molecule has 0 radical (unpaired) electrons. The molecule has 112 valence electrons. The zero-order valence-corrected chi connectivity index (χ0v) is 13.1. The summed E-state index contributed by atoms with van der Waals surface area (Å²) in [4.78, 5) is 0.287. The number of hydrogen-bond acceptors (Lipinski definition) is 3. The van der Waals surface area contributed by atoms with Crippen molar-refractivity contribution in [3.05, 3.63) is 65.2 Å². The van der Waals surface area contributed by atoms with Gasteiger partial charge < -0.3 is 5.32 Å². The van der Waals surface area contributed by atoms with Crippen molar-refractivity contribution in [3.8, 4) is 0 Å². The van der Waals surface area contributed by atoms with E-state index in [0.717, 1.165) is 23.2 Å². The fourth-order valence-electron chi connectivity index (χ4n) is 1.96. The molecule has 0 heterocycles. The van der Waals surface area contributed by atoms with E-state index in [1.165, 1.54) is 0 Å². The van der Waals surface area contributed by atoms with Crippen LogP contribution in [0.2, 0.25) is 0 Å². The van der Waals surface area contributed by atoms with Gasteiger partial charge in [0.15, 0.2) is 0 Å². The summed E-state index contributed by atoms with van der Waals surface area (Å²) in [6.45, 7) is 3.01. The number of aryl methyl sites for hydroxylation is 1. The van der Waals surface area contributed by atoms with Gasteiger partial charge in [-0.2, -0.15) is 0 Å². The minimum Gasteiger partial charge on any atom is -0.316 e. The van der Waals surface area contributed by atoms with Gasteiger partial charge in [0.1, 0.15) is 0 Å². The average molecular weight is 304 g/mol. The van der Waals surface area contributed by atoms with Crippen molar-refractivity contribution in [1.29, 1.82) is 0 Å². The third-order valence-corrected chi connectivity index (χ3v) is 4.62. The van der Waals surface area contributed by atoms with E-state index >= 15 is 0 Å². The normalized spacial score (nSPS) is 11.5. The summed E-state index contributed by atoms with van der Waals surface area (Å²) in [5.41, 5.74) is 3.15. The van der Waals surface area contributed by atoms with E-state index in [9.17, 15) is 8.42 Å². The number of sulfonamides is 1. The van der Waals surface area contributed by atoms with Crippen LogP contribution < -0.4 is 10.0 Å². The molecule has 0 amide bonds. The molecule has 0 aliphatic carbocycles. The summed E-state index contributed by atoms with van der Waals surface area (Å²) in [5, 5.41) is 3.03. The van der Waals surface area contributed by atoms with Crippen LogP contribution >= 0.6 is 0 Å². The number of nitrogens with one attached hydrogen (secondary N) is 2. The predicted molar refractivity (Wildman–Crippen MR) is 84.4 cm³/mol. The molecule has 0 aliphatic rings. The molecule has 2 N–H and O–H groups in total. The fraction of sp³-hybridized carbons (Fsp3) is 0.250. The van der Waals surface area contributed by atoms with Crippen LogP contribution in [0.15, 0.2) is 53.4 Å². The molecule has 0 aliphatic heterocycles. The second kappa shape index (κ2) is 6.85. The van der Waals surface area contributed by atoms with Crippen molar-refractivity contribution in [2.75, 3.05) is 7.05 Å². The first-order valence-corrected chi connectivity index (χ1v) is 8.28. The molecule has 0 spiro atoms. The molecule has 5 heteroatoms. The molecule has 0 saturated heterocycles. The Labute approximate surface area is 126 Å². The summed E-state index contributed by atoms with van der Waals surface area (Å²) in [5.74, 6) is 0.